The molecular formula is C12H12ClNO2S. The summed E-state index contributed by atoms with van der Waals surface area (Å²) >= 11 is 7.56. The minimum absolute atomic E-state index is 0.357. The average Bonchev–Trinajstić information content (AvgIpc) is 2.76. The van der Waals surface area contributed by atoms with E-state index in [1.54, 1.807) is 23.8 Å². The van der Waals surface area contributed by atoms with Crippen LogP contribution >= 0.6 is 22.9 Å². The second-order valence-corrected chi connectivity index (χ2v) is 4.99. The van der Waals surface area contributed by atoms with E-state index in [2.05, 4.69) is 4.98 Å². The Morgan fingerprint density at radius 2 is 2.41 bits per heavy atom. The SMILES string of the molecule is CCOC(=O)C(Cl)Cc1ccc2ncsc2c1. The number of benzene rings is 1. The summed E-state index contributed by atoms with van der Waals surface area (Å²) in [6.07, 6.45) is 0.480. The standard InChI is InChI=1S/C12H12ClNO2S/c1-2-16-12(15)9(13)5-8-3-4-10-11(6-8)17-7-14-10/h3-4,6-7,9H,2,5H2,1H3. The Morgan fingerprint density at radius 1 is 1.59 bits per heavy atom. The molecule has 2 rings (SSSR count). The van der Waals surface area contributed by atoms with Gasteiger partial charge in [-0.2, -0.15) is 0 Å². The highest BCUT2D eigenvalue weighted by Gasteiger charge is 2.17. The molecule has 1 atom stereocenters. The van der Waals surface area contributed by atoms with Gasteiger partial charge in [-0.3, -0.25) is 4.79 Å². The van der Waals surface area contributed by atoms with Gasteiger partial charge < -0.3 is 4.74 Å². The lowest BCUT2D eigenvalue weighted by Gasteiger charge is -2.08. The first-order valence-electron chi connectivity index (χ1n) is 5.33. The maximum Gasteiger partial charge on any atom is 0.324 e. The summed E-state index contributed by atoms with van der Waals surface area (Å²) in [5.74, 6) is -0.362. The maximum atomic E-state index is 11.4. The van der Waals surface area contributed by atoms with Crippen molar-refractivity contribution in [2.24, 2.45) is 0 Å². The van der Waals surface area contributed by atoms with E-state index in [9.17, 15) is 4.79 Å². The van der Waals surface area contributed by atoms with E-state index in [1.165, 1.54) is 0 Å². The van der Waals surface area contributed by atoms with Crippen molar-refractivity contribution in [1.29, 1.82) is 0 Å². The van der Waals surface area contributed by atoms with Gasteiger partial charge in [0, 0.05) is 0 Å². The molecule has 0 saturated carbocycles. The van der Waals surface area contributed by atoms with Crippen molar-refractivity contribution in [3.8, 4) is 0 Å². The summed E-state index contributed by atoms with van der Waals surface area (Å²) in [5.41, 5.74) is 3.80. The highest BCUT2D eigenvalue weighted by atomic mass is 35.5. The van der Waals surface area contributed by atoms with Crippen LogP contribution in [-0.2, 0) is 16.0 Å². The van der Waals surface area contributed by atoms with E-state index < -0.39 is 5.38 Å². The van der Waals surface area contributed by atoms with Crippen LogP contribution in [-0.4, -0.2) is 22.9 Å². The van der Waals surface area contributed by atoms with Gasteiger partial charge in [-0.05, 0) is 31.0 Å². The first kappa shape index (κ1) is 12.3. The third-order valence-electron chi connectivity index (χ3n) is 2.35. The van der Waals surface area contributed by atoms with E-state index in [0.29, 0.717) is 13.0 Å². The van der Waals surface area contributed by atoms with Crippen LogP contribution in [0.25, 0.3) is 10.2 Å². The van der Waals surface area contributed by atoms with Crippen molar-refractivity contribution in [2.75, 3.05) is 6.61 Å². The fourth-order valence-electron chi connectivity index (χ4n) is 1.55. The summed E-state index contributed by atoms with van der Waals surface area (Å²) in [6, 6.07) is 5.90. The fraction of sp³-hybridized carbons (Fsp3) is 0.333. The van der Waals surface area contributed by atoms with Gasteiger partial charge in [0.05, 0.1) is 22.3 Å². The Bertz CT molecular complexity index is 526. The number of hydrogen-bond acceptors (Lipinski definition) is 4. The molecule has 1 aromatic carbocycles. The zero-order valence-corrected chi connectivity index (χ0v) is 10.9. The number of ether oxygens (including phenoxy) is 1. The van der Waals surface area contributed by atoms with Crippen molar-refractivity contribution in [1.82, 2.24) is 4.98 Å². The number of fused-ring (bicyclic) bond motifs is 1. The van der Waals surface area contributed by atoms with Gasteiger partial charge in [-0.25, -0.2) is 4.98 Å². The topological polar surface area (TPSA) is 39.2 Å². The summed E-state index contributed by atoms with van der Waals surface area (Å²) in [6.45, 7) is 2.13. The minimum atomic E-state index is -0.625. The number of carbonyl (C=O) groups excluding carboxylic acids is 1. The molecule has 0 saturated heterocycles. The monoisotopic (exact) mass is 269 g/mol. The molecule has 0 aliphatic rings. The van der Waals surface area contributed by atoms with Crippen molar-refractivity contribution < 1.29 is 9.53 Å². The first-order valence-corrected chi connectivity index (χ1v) is 6.65. The van der Waals surface area contributed by atoms with Crippen LogP contribution in [0.15, 0.2) is 23.7 Å². The summed E-state index contributed by atoms with van der Waals surface area (Å²) in [7, 11) is 0. The van der Waals surface area contributed by atoms with Crippen LogP contribution in [0.2, 0.25) is 0 Å². The third kappa shape index (κ3) is 2.96. The third-order valence-corrected chi connectivity index (χ3v) is 3.48. The van der Waals surface area contributed by atoms with Crippen molar-refractivity contribution in [3.05, 3.63) is 29.3 Å². The molecule has 0 spiro atoms. The number of alkyl halides is 1. The smallest absolute Gasteiger partial charge is 0.324 e. The molecule has 0 fully saturated rings. The van der Waals surface area contributed by atoms with E-state index in [1.807, 2.05) is 18.2 Å². The van der Waals surface area contributed by atoms with Crippen LogP contribution in [0.4, 0.5) is 0 Å². The van der Waals surface area contributed by atoms with Gasteiger partial charge in [-0.15, -0.1) is 22.9 Å². The molecule has 1 unspecified atom stereocenters. The second-order valence-electron chi connectivity index (χ2n) is 3.58. The number of thiazole rings is 1. The lowest BCUT2D eigenvalue weighted by Crippen LogP contribution is -2.20. The predicted molar refractivity (Wildman–Crippen MR) is 69.6 cm³/mol. The van der Waals surface area contributed by atoms with Crippen LogP contribution in [0.1, 0.15) is 12.5 Å². The molecular weight excluding hydrogens is 258 g/mol. The second kappa shape index (κ2) is 5.47. The van der Waals surface area contributed by atoms with Crippen LogP contribution in [0.3, 0.4) is 0 Å². The van der Waals surface area contributed by atoms with Gasteiger partial charge in [0.1, 0.15) is 5.38 Å². The normalized spacial score (nSPS) is 12.6. The molecule has 0 aliphatic heterocycles. The first-order chi connectivity index (χ1) is 8.20. The number of esters is 1. The molecule has 0 aliphatic carbocycles. The zero-order chi connectivity index (χ0) is 12.3. The van der Waals surface area contributed by atoms with E-state index >= 15 is 0 Å². The number of halogens is 1. The highest BCUT2D eigenvalue weighted by molar-refractivity contribution is 7.16. The molecule has 5 heteroatoms. The summed E-state index contributed by atoms with van der Waals surface area (Å²) in [5, 5.41) is -0.625. The number of hydrogen-bond donors (Lipinski definition) is 0. The molecule has 0 radical (unpaired) electrons. The largest absolute Gasteiger partial charge is 0.465 e. The Hall–Kier alpha value is -1.13. The average molecular weight is 270 g/mol. The molecule has 1 heterocycles. The van der Waals surface area contributed by atoms with Gasteiger partial charge in [-0.1, -0.05) is 6.07 Å². The molecule has 0 N–H and O–H groups in total. The van der Waals surface area contributed by atoms with E-state index in [0.717, 1.165) is 15.8 Å². The van der Waals surface area contributed by atoms with Crippen LogP contribution < -0.4 is 0 Å². The molecule has 17 heavy (non-hydrogen) atoms. The quantitative estimate of drug-likeness (QED) is 0.633. The molecule has 3 nitrogen and oxygen atoms in total. The van der Waals surface area contributed by atoms with Crippen LogP contribution in [0, 0.1) is 0 Å². The number of nitrogens with zero attached hydrogens (tertiary/aromatic N) is 1. The zero-order valence-electron chi connectivity index (χ0n) is 9.35. The van der Waals surface area contributed by atoms with Gasteiger partial charge in [0.2, 0.25) is 0 Å². The number of aromatic nitrogens is 1. The number of rotatable bonds is 4. The van der Waals surface area contributed by atoms with Crippen molar-refractivity contribution >= 4 is 39.1 Å². The number of carbonyl (C=O) groups is 1. The lowest BCUT2D eigenvalue weighted by atomic mass is 10.1. The van der Waals surface area contributed by atoms with Crippen molar-refractivity contribution in [3.63, 3.8) is 0 Å². The van der Waals surface area contributed by atoms with E-state index in [4.69, 9.17) is 16.3 Å². The molecule has 2 aromatic rings. The Kier molecular flexibility index (Phi) is 3.97. The van der Waals surface area contributed by atoms with Crippen molar-refractivity contribution in [2.45, 2.75) is 18.7 Å². The maximum absolute atomic E-state index is 11.4. The molecule has 0 amide bonds. The van der Waals surface area contributed by atoms with Gasteiger partial charge in [0.15, 0.2) is 0 Å². The molecule has 90 valence electrons. The minimum Gasteiger partial charge on any atom is -0.465 e. The Morgan fingerprint density at radius 3 is 3.18 bits per heavy atom. The lowest BCUT2D eigenvalue weighted by molar-refractivity contribution is -0.142. The van der Waals surface area contributed by atoms with E-state index in [-0.39, 0.29) is 5.97 Å². The fourth-order valence-corrected chi connectivity index (χ4v) is 2.53. The highest BCUT2D eigenvalue weighted by Crippen LogP contribution is 2.20. The molecule has 0 bridgehead atoms. The summed E-state index contributed by atoms with van der Waals surface area (Å²) in [4.78, 5) is 15.6. The molecule has 1 aromatic heterocycles. The van der Waals surface area contributed by atoms with Gasteiger partial charge in [0.25, 0.3) is 0 Å². The Balaban J connectivity index is 2.09. The van der Waals surface area contributed by atoms with Gasteiger partial charge >= 0.3 is 5.97 Å². The summed E-state index contributed by atoms with van der Waals surface area (Å²) < 4.78 is 5.97. The van der Waals surface area contributed by atoms with Crippen LogP contribution in [0.5, 0.6) is 0 Å². The predicted octanol–water partition coefficient (Wildman–Crippen LogP) is 3.01. The Labute approximate surface area is 108 Å².